The molecule has 0 saturated carbocycles. The quantitative estimate of drug-likeness (QED) is 0.270. The van der Waals surface area contributed by atoms with Gasteiger partial charge in [-0.3, -0.25) is 15.0 Å². The van der Waals surface area contributed by atoms with Gasteiger partial charge in [0.15, 0.2) is 6.29 Å². The van der Waals surface area contributed by atoms with Crippen LogP contribution in [-0.2, 0) is 27.2 Å². The molecule has 2 aromatic rings. The second kappa shape index (κ2) is 14.2. The van der Waals surface area contributed by atoms with Crippen LogP contribution < -0.4 is 10.1 Å². The fourth-order valence-corrected chi connectivity index (χ4v) is 5.29. The maximum Gasteiger partial charge on any atom is 0.163 e. The number of aldehydes is 1. The second-order valence-corrected chi connectivity index (χ2v) is 10.8. The molecule has 8 heteroatoms. The Balaban J connectivity index is 1.41. The number of benzene rings is 2. The molecule has 0 aliphatic carbocycles. The third-order valence-corrected chi connectivity index (χ3v) is 7.30. The van der Waals surface area contributed by atoms with E-state index in [2.05, 4.69) is 36.2 Å². The number of aliphatic hydroxyl groups excluding tert-OH is 1. The Kier molecular flexibility index (Phi) is 10.7. The Hall–Kier alpha value is -2.33. The molecular weight excluding hydrogens is 484 g/mol. The average Bonchev–Trinajstić information content (AvgIpc) is 3.53. The lowest BCUT2D eigenvalue weighted by atomic mass is 9.99. The van der Waals surface area contributed by atoms with E-state index in [0.29, 0.717) is 44.4 Å². The highest BCUT2D eigenvalue weighted by Gasteiger charge is 2.42. The summed E-state index contributed by atoms with van der Waals surface area (Å²) in [5, 5.41) is 14.9. The SMILES string of the molecule is COc1ccc(CN(CC(C)C)C[C@@H](O)[C@H](Cc2ccc(C=O)cc2)NCO[C@H]2CO[C@H]3OCC[C@H]32)cc1. The van der Waals surface area contributed by atoms with Gasteiger partial charge >= 0.3 is 0 Å². The standard InChI is InChI=1S/C30H42N2O6/c1-21(2)15-32(16-23-8-10-25(35-3)11-9-23)17-28(34)27(14-22-4-6-24(18-33)7-5-22)31-20-38-29-19-37-30-26(29)12-13-36-30/h4-11,18,21,26-31,34H,12-17,19-20H2,1-3H3/t26-,27-,28+,29-,30+/m0/s1. The normalized spacial score (nSPS) is 22.5. The summed E-state index contributed by atoms with van der Waals surface area (Å²) < 4.78 is 22.8. The maximum atomic E-state index is 11.5. The number of carbonyl (C=O) groups excluding carboxylic acids is 1. The summed E-state index contributed by atoms with van der Waals surface area (Å²) in [6, 6.07) is 15.4. The molecule has 2 N–H and O–H groups in total. The Labute approximate surface area is 226 Å². The molecule has 0 spiro atoms. The van der Waals surface area contributed by atoms with Crippen molar-refractivity contribution in [1.82, 2.24) is 10.2 Å². The molecule has 2 fully saturated rings. The van der Waals surface area contributed by atoms with Crippen molar-refractivity contribution < 1.29 is 28.8 Å². The molecule has 5 atom stereocenters. The molecule has 38 heavy (non-hydrogen) atoms. The number of aliphatic hydroxyl groups is 1. The number of nitrogens with one attached hydrogen (secondary N) is 1. The van der Waals surface area contributed by atoms with Crippen LogP contribution in [0.3, 0.4) is 0 Å². The molecule has 0 unspecified atom stereocenters. The molecule has 2 heterocycles. The van der Waals surface area contributed by atoms with Crippen LogP contribution in [0.2, 0.25) is 0 Å². The lowest BCUT2D eigenvalue weighted by Crippen LogP contribution is -2.49. The molecule has 8 nitrogen and oxygen atoms in total. The summed E-state index contributed by atoms with van der Waals surface area (Å²) in [6.45, 7) is 8.04. The number of hydrogen-bond acceptors (Lipinski definition) is 8. The Morgan fingerprint density at radius 2 is 1.82 bits per heavy atom. The van der Waals surface area contributed by atoms with Gasteiger partial charge < -0.3 is 24.1 Å². The van der Waals surface area contributed by atoms with Gasteiger partial charge in [-0.1, -0.05) is 50.2 Å². The van der Waals surface area contributed by atoms with Gasteiger partial charge in [-0.05, 0) is 42.0 Å². The zero-order valence-corrected chi connectivity index (χ0v) is 22.8. The summed E-state index contributed by atoms with van der Waals surface area (Å²) in [6.07, 6.45) is 1.60. The number of rotatable bonds is 15. The van der Waals surface area contributed by atoms with Crippen molar-refractivity contribution in [1.29, 1.82) is 0 Å². The van der Waals surface area contributed by atoms with E-state index in [1.807, 2.05) is 36.4 Å². The van der Waals surface area contributed by atoms with Gasteiger partial charge in [-0.25, -0.2) is 0 Å². The number of hydrogen-bond donors (Lipinski definition) is 2. The van der Waals surface area contributed by atoms with Crippen molar-refractivity contribution in [3.63, 3.8) is 0 Å². The molecule has 208 valence electrons. The molecule has 2 aliphatic rings. The van der Waals surface area contributed by atoms with Crippen LogP contribution in [0.15, 0.2) is 48.5 Å². The van der Waals surface area contributed by atoms with E-state index < -0.39 is 6.10 Å². The third-order valence-electron chi connectivity index (χ3n) is 7.30. The first-order chi connectivity index (χ1) is 18.4. The Morgan fingerprint density at radius 1 is 1.08 bits per heavy atom. The minimum atomic E-state index is -0.635. The largest absolute Gasteiger partial charge is 0.497 e. The number of ether oxygens (including phenoxy) is 4. The highest BCUT2D eigenvalue weighted by atomic mass is 16.7. The number of nitrogens with zero attached hydrogens (tertiary/aromatic N) is 1. The first-order valence-corrected chi connectivity index (χ1v) is 13.6. The van der Waals surface area contributed by atoms with Gasteiger partial charge in [0.25, 0.3) is 0 Å². The number of carbonyl (C=O) groups is 1. The predicted octanol–water partition coefficient (Wildman–Crippen LogP) is 3.26. The molecule has 0 bridgehead atoms. The summed E-state index contributed by atoms with van der Waals surface area (Å²) >= 11 is 0. The van der Waals surface area contributed by atoms with Crippen LogP contribution in [0.25, 0.3) is 0 Å². The maximum absolute atomic E-state index is 11.5. The minimum absolute atomic E-state index is 0.00724. The molecule has 4 rings (SSSR count). The van der Waals surface area contributed by atoms with Gasteiger partial charge in [0.1, 0.15) is 12.0 Å². The van der Waals surface area contributed by atoms with Crippen molar-refractivity contribution in [2.24, 2.45) is 11.8 Å². The number of fused-ring (bicyclic) bond motifs is 1. The Bertz CT molecular complexity index is 983. The highest BCUT2D eigenvalue weighted by molar-refractivity contribution is 5.74. The lowest BCUT2D eigenvalue weighted by molar-refractivity contribution is -0.0909. The van der Waals surface area contributed by atoms with Gasteiger partial charge in [0.05, 0.1) is 39.3 Å². The summed E-state index contributed by atoms with van der Waals surface area (Å²) in [4.78, 5) is 13.4. The van der Waals surface area contributed by atoms with E-state index >= 15 is 0 Å². The third kappa shape index (κ3) is 8.09. The van der Waals surface area contributed by atoms with Gasteiger partial charge in [-0.2, -0.15) is 0 Å². The van der Waals surface area contributed by atoms with Crippen molar-refractivity contribution in [3.8, 4) is 5.75 Å². The van der Waals surface area contributed by atoms with Gasteiger partial charge in [-0.15, -0.1) is 0 Å². The van der Waals surface area contributed by atoms with Crippen LogP contribution in [0, 0.1) is 11.8 Å². The summed E-state index contributed by atoms with van der Waals surface area (Å²) in [5.74, 6) is 1.55. The summed E-state index contributed by atoms with van der Waals surface area (Å²) in [7, 11) is 1.67. The van der Waals surface area contributed by atoms with E-state index in [1.54, 1.807) is 7.11 Å². The molecule has 0 amide bonds. The van der Waals surface area contributed by atoms with E-state index in [-0.39, 0.29) is 24.4 Å². The first kappa shape index (κ1) is 28.7. The van der Waals surface area contributed by atoms with Gasteiger partial charge in [0.2, 0.25) is 0 Å². The highest BCUT2D eigenvalue weighted by Crippen LogP contribution is 2.32. The van der Waals surface area contributed by atoms with E-state index in [4.69, 9.17) is 18.9 Å². The van der Waals surface area contributed by atoms with Crippen LogP contribution in [0.4, 0.5) is 0 Å². The first-order valence-electron chi connectivity index (χ1n) is 13.6. The zero-order valence-electron chi connectivity index (χ0n) is 22.8. The van der Waals surface area contributed by atoms with E-state index in [0.717, 1.165) is 37.1 Å². The predicted molar refractivity (Wildman–Crippen MR) is 145 cm³/mol. The summed E-state index contributed by atoms with van der Waals surface area (Å²) in [5.41, 5.74) is 2.86. The van der Waals surface area contributed by atoms with Crippen LogP contribution >= 0.6 is 0 Å². The number of methoxy groups -OCH3 is 1. The topological polar surface area (TPSA) is 89.5 Å². The smallest absolute Gasteiger partial charge is 0.163 e. The van der Waals surface area contributed by atoms with Crippen LogP contribution in [0.1, 0.15) is 41.8 Å². The zero-order chi connectivity index (χ0) is 26.9. The van der Waals surface area contributed by atoms with Crippen LogP contribution in [0.5, 0.6) is 5.75 Å². The fraction of sp³-hybridized carbons (Fsp3) is 0.567. The monoisotopic (exact) mass is 526 g/mol. The van der Waals surface area contributed by atoms with Crippen molar-refractivity contribution in [2.45, 2.75) is 57.8 Å². The second-order valence-electron chi connectivity index (χ2n) is 10.8. The van der Waals surface area contributed by atoms with Crippen molar-refractivity contribution in [3.05, 3.63) is 65.2 Å². The van der Waals surface area contributed by atoms with E-state index in [1.165, 1.54) is 5.56 Å². The average molecular weight is 527 g/mol. The molecule has 2 aliphatic heterocycles. The molecule has 2 aromatic carbocycles. The van der Waals surface area contributed by atoms with Crippen molar-refractivity contribution >= 4 is 6.29 Å². The van der Waals surface area contributed by atoms with Crippen molar-refractivity contribution in [2.75, 3.05) is 40.1 Å². The van der Waals surface area contributed by atoms with Crippen LogP contribution in [-0.4, -0.2) is 81.0 Å². The fourth-order valence-electron chi connectivity index (χ4n) is 5.29. The Morgan fingerprint density at radius 3 is 2.50 bits per heavy atom. The van der Waals surface area contributed by atoms with Gasteiger partial charge in [0, 0.05) is 37.2 Å². The lowest BCUT2D eigenvalue weighted by Gasteiger charge is -2.31. The molecule has 0 radical (unpaired) electrons. The molecule has 0 aromatic heterocycles. The van der Waals surface area contributed by atoms with E-state index in [9.17, 15) is 9.90 Å². The molecular formula is C30H42N2O6. The minimum Gasteiger partial charge on any atom is -0.497 e. The molecule has 2 saturated heterocycles.